The van der Waals surface area contributed by atoms with Crippen molar-refractivity contribution in [3.05, 3.63) is 35.2 Å². The maximum absolute atomic E-state index is 4.66. The third kappa shape index (κ3) is 2.30. The molecule has 1 N–H and O–H groups in total. The number of hydrogen-bond acceptors (Lipinski definition) is 3. The Bertz CT molecular complexity index is 577. The summed E-state index contributed by atoms with van der Waals surface area (Å²) in [4.78, 5) is 4.28. The second kappa shape index (κ2) is 4.81. The maximum Gasteiger partial charge on any atom is 0.0951 e. The van der Waals surface area contributed by atoms with E-state index in [9.17, 15) is 0 Å². The van der Waals surface area contributed by atoms with E-state index in [0.29, 0.717) is 6.04 Å². The van der Waals surface area contributed by atoms with E-state index in [-0.39, 0.29) is 0 Å². The van der Waals surface area contributed by atoms with Crippen molar-refractivity contribution in [2.75, 3.05) is 7.05 Å². The standard InChI is InChI=1S/C14H21N5/c1-10-14(7-15-3)11(2)19(17-10)8-13-6-16-9-18(13)12-4-5-12/h6,9,12,15H,4-5,7-8H2,1-3H3. The molecule has 19 heavy (non-hydrogen) atoms. The van der Waals surface area contributed by atoms with Crippen molar-refractivity contribution in [1.29, 1.82) is 0 Å². The number of nitrogens with zero attached hydrogens (tertiary/aromatic N) is 4. The third-order valence-corrected chi connectivity index (χ3v) is 3.88. The largest absolute Gasteiger partial charge is 0.330 e. The summed E-state index contributed by atoms with van der Waals surface area (Å²) in [6.07, 6.45) is 6.48. The molecule has 1 fully saturated rings. The Morgan fingerprint density at radius 2 is 2.16 bits per heavy atom. The zero-order valence-electron chi connectivity index (χ0n) is 11.8. The smallest absolute Gasteiger partial charge is 0.0951 e. The fourth-order valence-electron chi connectivity index (χ4n) is 2.61. The Morgan fingerprint density at radius 1 is 1.37 bits per heavy atom. The first-order chi connectivity index (χ1) is 9.20. The Kier molecular flexibility index (Phi) is 3.14. The van der Waals surface area contributed by atoms with E-state index in [2.05, 4.69) is 38.5 Å². The number of hydrogen-bond donors (Lipinski definition) is 1. The molecule has 1 aliphatic rings. The molecule has 1 aliphatic carbocycles. The monoisotopic (exact) mass is 259 g/mol. The van der Waals surface area contributed by atoms with Gasteiger partial charge in [0.1, 0.15) is 0 Å². The molecule has 0 aliphatic heterocycles. The quantitative estimate of drug-likeness (QED) is 0.890. The maximum atomic E-state index is 4.66. The van der Waals surface area contributed by atoms with Gasteiger partial charge in [-0.15, -0.1) is 0 Å². The molecule has 2 aromatic heterocycles. The molecule has 0 amide bonds. The predicted octanol–water partition coefficient (Wildman–Crippen LogP) is 1.80. The average Bonchev–Trinajstić information content (AvgIpc) is 3.08. The SMILES string of the molecule is CNCc1c(C)nn(Cc2cncn2C2CC2)c1C. The summed E-state index contributed by atoms with van der Waals surface area (Å²) >= 11 is 0. The molecule has 0 spiro atoms. The van der Waals surface area contributed by atoms with E-state index in [1.165, 1.54) is 29.8 Å². The van der Waals surface area contributed by atoms with Crippen LogP contribution in [0.3, 0.4) is 0 Å². The molecular weight excluding hydrogens is 238 g/mol. The van der Waals surface area contributed by atoms with Crippen molar-refractivity contribution in [2.24, 2.45) is 0 Å². The van der Waals surface area contributed by atoms with Crippen LogP contribution in [0.2, 0.25) is 0 Å². The Balaban J connectivity index is 1.86. The zero-order valence-corrected chi connectivity index (χ0v) is 11.8. The van der Waals surface area contributed by atoms with Crippen LogP contribution < -0.4 is 5.32 Å². The van der Waals surface area contributed by atoms with Gasteiger partial charge < -0.3 is 9.88 Å². The van der Waals surface area contributed by atoms with Crippen molar-refractivity contribution >= 4 is 0 Å². The number of aryl methyl sites for hydroxylation is 1. The highest BCUT2D eigenvalue weighted by atomic mass is 15.3. The summed E-state index contributed by atoms with van der Waals surface area (Å²) in [6.45, 7) is 5.91. The van der Waals surface area contributed by atoms with Crippen molar-refractivity contribution in [2.45, 2.75) is 45.8 Å². The minimum atomic E-state index is 0.672. The van der Waals surface area contributed by atoms with Crippen molar-refractivity contribution in [3.63, 3.8) is 0 Å². The second-order valence-corrected chi connectivity index (χ2v) is 5.36. The van der Waals surface area contributed by atoms with E-state index in [1.54, 1.807) is 0 Å². The van der Waals surface area contributed by atoms with Gasteiger partial charge in [0.05, 0.1) is 30.5 Å². The van der Waals surface area contributed by atoms with E-state index in [4.69, 9.17) is 0 Å². The first kappa shape index (κ1) is 12.4. The van der Waals surface area contributed by atoms with E-state index in [1.807, 2.05) is 19.6 Å². The number of imidazole rings is 1. The molecule has 3 rings (SSSR count). The highest BCUT2D eigenvalue weighted by molar-refractivity contribution is 5.25. The number of rotatable bonds is 5. The van der Waals surface area contributed by atoms with Crippen LogP contribution in [-0.2, 0) is 13.1 Å². The fourth-order valence-corrected chi connectivity index (χ4v) is 2.61. The van der Waals surface area contributed by atoms with Crippen LogP contribution in [0, 0.1) is 13.8 Å². The first-order valence-corrected chi connectivity index (χ1v) is 6.89. The lowest BCUT2D eigenvalue weighted by Crippen LogP contribution is -2.10. The molecule has 2 aromatic rings. The number of nitrogens with one attached hydrogen (secondary N) is 1. The Morgan fingerprint density at radius 3 is 2.84 bits per heavy atom. The van der Waals surface area contributed by atoms with Crippen LogP contribution >= 0.6 is 0 Å². The van der Waals surface area contributed by atoms with Gasteiger partial charge in [0.15, 0.2) is 0 Å². The lowest BCUT2D eigenvalue weighted by Gasteiger charge is -2.08. The minimum Gasteiger partial charge on any atom is -0.330 e. The molecule has 0 saturated heterocycles. The summed E-state index contributed by atoms with van der Waals surface area (Å²) in [7, 11) is 1.97. The van der Waals surface area contributed by atoms with Gasteiger partial charge in [0, 0.05) is 23.8 Å². The molecular formula is C14H21N5. The molecule has 0 aromatic carbocycles. The van der Waals surface area contributed by atoms with Crippen LogP contribution in [0.25, 0.3) is 0 Å². The summed E-state index contributed by atoms with van der Waals surface area (Å²) in [5.41, 5.74) is 4.92. The van der Waals surface area contributed by atoms with Gasteiger partial charge in [-0.05, 0) is 33.7 Å². The lowest BCUT2D eigenvalue weighted by molar-refractivity contribution is 0.600. The van der Waals surface area contributed by atoms with Gasteiger partial charge in [-0.1, -0.05) is 0 Å². The van der Waals surface area contributed by atoms with Gasteiger partial charge in [-0.25, -0.2) is 4.98 Å². The first-order valence-electron chi connectivity index (χ1n) is 6.89. The molecule has 0 radical (unpaired) electrons. The second-order valence-electron chi connectivity index (χ2n) is 5.36. The van der Waals surface area contributed by atoms with Gasteiger partial charge in [0.25, 0.3) is 0 Å². The van der Waals surface area contributed by atoms with E-state index < -0.39 is 0 Å². The molecule has 0 atom stereocenters. The molecule has 5 heteroatoms. The summed E-state index contributed by atoms with van der Waals surface area (Å²) < 4.78 is 4.39. The molecule has 0 unspecified atom stereocenters. The minimum absolute atomic E-state index is 0.672. The molecule has 2 heterocycles. The highest BCUT2D eigenvalue weighted by Gasteiger charge is 2.25. The van der Waals surface area contributed by atoms with E-state index >= 15 is 0 Å². The van der Waals surface area contributed by atoms with Crippen molar-refractivity contribution < 1.29 is 0 Å². The molecule has 5 nitrogen and oxygen atoms in total. The molecule has 1 saturated carbocycles. The van der Waals surface area contributed by atoms with Crippen LogP contribution in [0.5, 0.6) is 0 Å². The van der Waals surface area contributed by atoms with Gasteiger partial charge in [-0.3, -0.25) is 4.68 Å². The topological polar surface area (TPSA) is 47.7 Å². The normalized spacial score (nSPS) is 15.1. The summed E-state index contributed by atoms with van der Waals surface area (Å²) in [6, 6.07) is 0.672. The lowest BCUT2D eigenvalue weighted by atomic mass is 10.2. The van der Waals surface area contributed by atoms with E-state index in [0.717, 1.165) is 18.8 Å². The van der Waals surface area contributed by atoms with Crippen LogP contribution in [-0.4, -0.2) is 26.4 Å². The third-order valence-electron chi connectivity index (χ3n) is 3.88. The summed E-state index contributed by atoms with van der Waals surface area (Å²) in [5.74, 6) is 0. The molecule has 102 valence electrons. The number of aromatic nitrogens is 4. The predicted molar refractivity (Wildman–Crippen MR) is 74.1 cm³/mol. The zero-order chi connectivity index (χ0) is 13.4. The van der Waals surface area contributed by atoms with Crippen LogP contribution in [0.4, 0.5) is 0 Å². The van der Waals surface area contributed by atoms with Crippen LogP contribution in [0.15, 0.2) is 12.5 Å². The van der Waals surface area contributed by atoms with Crippen molar-refractivity contribution in [3.8, 4) is 0 Å². The molecule has 0 bridgehead atoms. The van der Waals surface area contributed by atoms with Gasteiger partial charge >= 0.3 is 0 Å². The van der Waals surface area contributed by atoms with Gasteiger partial charge in [0.2, 0.25) is 0 Å². The Labute approximate surface area is 113 Å². The average molecular weight is 259 g/mol. The van der Waals surface area contributed by atoms with Crippen molar-refractivity contribution in [1.82, 2.24) is 24.6 Å². The summed E-state index contributed by atoms with van der Waals surface area (Å²) in [5, 5.41) is 7.87. The van der Waals surface area contributed by atoms with Gasteiger partial charge in [-0.2, -0.15) is 5.10 Å². The van der Waals surface area contributed by atoms with Crippen LogP contribution in [0.1, 0.15) is 41.5 Å². The highest BCUT2D eigenvalue weighted by Crippen LogP contribution is 2.35. The Hall–Kier alpha value is -1.62. The fraction of sp³-hybridized carbons (Fsp3) is 0.571.